The second-order valence-electron chi connectivity index (χ2n) is 7.45. The molecule has 1 aliphatic heterocycles. The van der Waals surface area contributed by atoms with Crippen molar-refractivity contribution in [2.75, 3.05) is 13.2 Å². The van der Waals surface area contributed by atoms with E-state index in [1.54, 1.807) is 12.5 Å². The standard InChI is InChI=1S/C21H26N2O4/c1-16(17-7-3-2-4-8-17)23-15-22-13-18(23)20(24)27-21(10-11-21)14-26-19-9-5-6-12-25-19/h2-4,7-8,13,15-16,19H,5-6,9-12,14H2,1H3/t16-,19?/m1/s1. The molecule has 1 aromatic carbocycles. The maximum Gasteiger partial charge on any atom is 0.357 e. The minimum absolute atomic E-state index is 0.00158. The van der Waals surface area contributed by atoms with Crippen LogP contribution >= 0.6 is 0 Å². The van der Waals surface area contributed by atoms with Crippen LogP contribution in [0, 0.1) is 0 Å². The van der Waals surface area contributed by atoms with E-state index in [9.17, 15) is 4.79 Å². The lowest BCUT2D eigenvalue weighted by Gasteiger charge is -2.25. The number of hydrogen-bond acceptors (Lipinski definition) is 5. The maximum absolute atomic E-state index is 12.8. The molecule has 0 N–H and O–H groups in total. The summed E-state index contributed by atoms with van der Waals surface area (Å²) in [5.41, 5.74) is 1.07. The number of carbonyl (C=O) groups excluding carboxylic acids is 1. The van der Waals surface area contributed by atoms with Gasteiger partial charge in [0.25, 0.3) is 0 Å². The fourth-order valence-electron chi connectivity index (χ4n) is 3.42. The van der Waals surface area contributed by atoms with E-state index in [-0.39, 0.29) is 18.3 Å². The van der Waals surface area contributed by atoms with Crippen LogP contribution in [0.5, 0.6) is 0 Å². The van der Waals surface area contributed by atoms with Gasteiger partial charge in [0.1, 0.15) is 11.3 Å². The third-order valence-electron chi connectivity index (χ3n) is 5.36. The van der Waals surface area contributed by atoms with Crippen LogP contribution in [0.3, 0.4) is 0 Å². The highest BCUT2D eigenvalue weighted by molar-refractivity contribution is 5.88. The van der Waals surface area contributed by atoms with Gasteiger partial charge in [-0.3, -0.25) is 0 Å². The molecule has 2 aromatic rings. The summed E-state index contributed by atoms with van der Waals surface area (Å²) in [6.45, 7) is 3.18. The molecule has 27 heavy (non-hydrogen) atoms. The minimum Gasteiger partial charge on any atom is -0.452 e. The number of rotatable bonds is 7. The van der Waals surface area contributed by atoms with Crippen LogP contribution in [0.25, 0.3) is 0 Å². The lowest BCUT2D eigenvalue weighted by atomic mass is 10.1. The molecule has 2 atom stereocenters. The van der Waals surface area contributed by atoms with E-state index in [2.05, 4.69) is 4.98 Å². The molecule has 0 amide bonds. The SMILES string of the molecule is C[C@H](c1ccccc1)n1cncc1C(=O)OC1(COC2CCCCO2)CC1. The largest absolute Gasteiger partial charge is 0.452 e. The van der Waals surface area contributed by atoms with Crippen molar-refractivity contribution in [3.8, 4) is 0 Å². The van der Waals surface area contributed by atoms with Gasteiger partial charge in [-0.2, -0.15) is 0 Å². The molecule has 2 aliphatic rings. The van der Waals surface area contributed by atoms with Crippen molar-refractivity contribution in [1.29, 1.82) is 0 Å². The Bertz CT molecular complexity index is 763. The van der Waals surface area contributed by atoms with Crippen molar-refractivity contribution >= 4 is 5.97 Å². The molecule has 1 saturated heterocycles. The van der Waals surface area contributed by atoms with Crippen LogP contribution in [0.4, 0.5) is 0 Å². The molecule has 2 fully saturated rings. The molecule has 6 nitrogen and oxygen atoms in total. The van der Waals surface area contributed by atoms with Crippen LogP contribution in [-0.2, 0) is 14.2 Å². The number of carbonyl (C=O) groups is 1. The van der Waals surface area contributed by atoms with E-state index in [4.69, 9.17) is 14.2 Å². The minimum atomic E-state index is -0.511. The van der Waals surface area contributed by atoms with Crippen molar-refractivity contribution in [2.24, 2.45) is 0 Å². The van der Waals surface area contributed by atoms with E-state index >= 15 is 0 Å². The van der Waals surface area contributed by atoms with E-state index in [1.807, 2.05) is 41.8 Å². The topological polar surface area (TPSA) is 62.6 Å². The first-order valence-corrected chi connectivity index (χ1v) is 9.70. The van der Waals surface area contributed by atoms with Crippen LogP contribution in [0.1, 0.15) is 61.1 Å². The van der Waals surface area contributed by atoms with Gasteiger partial charge in [-0.05, 0) is 44.6 Å². The lowest BCUT2D eigenvalue weighted by molar-refractivity contribution is -0.178. The van der Waals surface area contributed by atoms with Crippen molar-refractivity contribution in [1.82, 2.24) is 9.55 Å². The highest BCUT2D eigenvalue weighted by Gasteiger charge is 2.48. The molecule has 6 heteroatoms. The second kappa shape index (κ2) is 7.82. The fourth-order valence-corrected chi connectivity index (χ4v) is 3.42. The number of aromatic nitrogens is 2. The molecule has 1 saturated carbocycles. The Morgan fingerprint density at radius 2 is 2.15 bits per heavy atom. The van der Waals surface area contributed by atoms with E-state index in [1.165, 1.54) is 0 Å². The van der Waals surface area contributed by atoms with Crippen LogP contribution in [0.2, 0.25) is 0 Å². The Kier molecular flexibility index (Phi) is 5.27. The summed E-state index contributed by atoms with van der Waals surface area (Å²) >= 11 is 0. The van der Waals surface area contributed by atoms with Gasteiger partial charge in [0.15, 0.2) is 6.29 Å². The smallest absolute Gasteiger partial charge is 0.357 e. The number of esters is 1. The predicted molar refractivity (Wildman–Crippen MR) is 99.4 cm³/mol. The van der Waals surface area contributed by atoms with Gasteiger partial charge >= 0.3 is 5.97 Å². The van der Waals surface area contributed by atoms with Crippen LogP contribution < -0.4 is 0 Å². The molecule has 0 spiro atoms. The summed E-state index contributed by atoms with van der Waals surface area (Å²) in [5.74, 6) is -0.346. The van der Waals surface area contributed by atoms with Crippen molar-refractivity contribution in [2.45, 2.75) is 57.0 Å². The second-order valence-corrected chi connectivity index (χ2v) is 7.45. The Labute approximate surface area is 159 Å². The van der Waals surface area contributed by atoms with Gasteiger partial charge in [0, 0.05) is 6.61 Å². The highest BCUT2D eigenvalue weighted by Crippen LogP contribution is 2.41. The zero-order chi connectivity index (χ0) is 18.7. The van der Waals surface area contributed by atoms with E-state index in [0.717, 1.165) is 44.3 Å². The Morgan fingerprint density at radius 1 is 1.33 bits per heavy atom. The molecule has 1 aliphatic carbocycles. The van der Waals surface area contributed by atoms with Gasteiger partial charge < -0.3 is 18.8 Å². The number of ether oxygens (including phenoxy) is 3. The highest BCUT2D eigenvalue weighted by atomic mass is 16.7. The normalized spacial score (nSPS) is 22.2. The third-order valence-corrected chi connectivity index (χ3v) is 5.36. The fraction of sp³-hybridized carbons (Fsp3) is 0.524. The zero-order valence-corrected chi connectivity index (χ0v) is 15.7. The summed E-state index contributed by atoms with van der Waals surface area (Å²) in [7, 11) is 0. The molecular formula is C21H26N2O4. The number of benzene rings is 1. The van der Waals surface area contributed by atoms with Crippen molar-refractivity contribution < 1.29 is 19.0 Å². The van der Waals surface area contributed by atoms with Crippen LogP contribution in [0.15, 0.2) is 42.9 Å². The summed E-state index contributed by atoms with van der Waals surface area (Å²) in [5, 5.41) is 0. The average molecular weight is 370 g/mol. The van der Waals surface area contributed by atoms with Crippen molar-refractivity contribution in [3.63, 3.8) is 0 Å². The number of nitrogens with zero attached hydrogens (tertiary/aromatic N) is 2. The Balaban J connectivity index is 1.39. The molecule has 0 bridgehead atoms. The first-order valence-electron chi connectivity index (χ1n) is 9.70. The van der Waals surface area contributed by atoms with E-state index < -0.39 is 5.60 Å². The first kappa shape index (κ1) is 18.2. The van der Waals surface area contributed by atoms with Crippen LogP contribution in [-0.4, -0.2) is 40.6 Å². The Hall–Kier alpha value is -2.18. The molecule has 2 heterocycles. The van der Waals surface area contributed by atoms with Gasteiger partial charge in [-0.1, -0.05) is 30.3 Å². The molecule has 1 aromatic heterocycles. The summed E-state index contributed by atoms with van der Waals surface area (Å²) < 4.78 is 19.1. The summed E-state index contributed by atoms with van der Waals surface area (Å²) in [6, 6.07) is 10.0. The van der Waals surface area contributed by atoms with Gasteiger partial charge in [-0.25, -0.2) is 9.78 Å². The molecular weight excluding hydrogens is 344 g/mol. The summed E-state index contributed by atoms with van der Waals surface area (Å²) in [4.78, 5) is 17.0. The number of imidazole rings is 1. The van der Waals surface area contributed by atoms with Gasteiger partial charge in [0.05, 0.1) is 25.2 Å². The molecule has 144 valence electrons. The van der Waals surface area contributed by atoms with Crippen molar-refractivity contribution in [3.05, 3.63) is 54.1 Å². The maximum atomic E-state index is 12.8. The number of hydrogen-bond donors (Lipinski definition) is 0. The molecule has 1 unspecified atom stereocenters. The molecule has 0 radical (unpaired) electrons. The first-order chi connectivity index (χ1) is 13.2. The van der Waals surface area contributed by atoms with E-state index in [0.29, 0.717) is 12.3 Å². The lowest BCUT2D eigenvalue weighted by Crippen LogP contribution is -2.31. The third kappa shape index (κ3) is 4.22. The van der Waals surface area contributed by atoms with Gasteiger partial charge in [-0.15, -0.1) is 0 Å². The predicted octanol–water partition coefficient (Wildman–Crippen LogP) is 3.73. The quantitative estimate of drug-likeness (QED) is 0.695. The molecule has 4 rings (SSSR count). The Morgan fingerprint density at radius 3 is 2.85 bits per heavy atom. The monoisotopic (exact) mass is 370 g/mol. The summed E-state index contributed by atoms with van der Waals surface area (Å²) in [6.07, 6.45) is 7.85. The van der Waals surface area contributed by atoms with Gasteiger partial charge in [0.2, 0.25) is 0 Å². The average Bonchev–Trinajstić information content (AvgIpc) is 3.29. The zero-order valence-electron chi connectivity index (χ0n) is 15.7.